The van der Waals surface area contributed by atoms with Gasteiger partial charge >= 0.3 is 0 Å². The van der Waals surface area contributed by atoms with Gasteiger partial charge in [-0.1, -0.05) is 36.4 Å². The third-order valence-electron chi connectivity index (χ3n) is 5.55. The number of benzene rings is 3. The van der Waals surface area contributed by atoms with Gasteiger partial charge in [0.25, 0.3) is 5.91 Å². The van der Waals surface area contributed by atoms with Crippen LogP contribution in [0.5, 0.6) is 5.75 Å². The second kappa shape index (κ2) is 10.1. The summed E-state index contributed by atoms with van der Waals surface area (Å²) in [7, 11) is 1.77. The van der Waals surface area contributed by atoms with Gasteiger partial charge in [0.2, 0.25) is 0 Å². The first-order chi connectivity index (χ1) is 15.2. The molecule has 1 atom stereocenters. The highest BCUT2D eigenvalue weighted by Gasteiger charge is 2.19. The number of hydrogen-bond donors (Lipinski definition) is 1. The van der Waals surface area contributed by atoms with Crippen molar-refractivity contribution in [2.45, 2.75) is 25.6 Å². The zero-order valence-corrected chi connectivity index (χ0v) is 17.8. The van der Waals surface area contributed by atoms with Crippen LogP contribution in [0, 0.1) is 0 Å². The highest BCUT2D eigenvalue weighted by Crippen LogP contribution is 2.23. The van der Waals surface area contributed by atoms with Crippen LogP contribution in [0.2, 0.25) is 0 Å². The zero-order chi connectivity index (χ0) is 21.5. The highest BCUT2D eigenvalue weighted by atomic mass is 16.5. The van der Waals surface area contributed by atoms with E-state index in [-0.39, 0.29) is 12.0 Å². The SMILES string of the molecule is COC1CCCN(c2ccc(NC(=O)c3cccc(OCc4ccccc4)c3)cc2)C1. The van der Waals surface area contributed by atoms with Crippen LogP contribution in [0.15, 0.2) is 78.9 Å². The fourth-order valence-electron chi connectivity index (χ4n) is 3.79. The molecule has 1 aliphatic heterocycles. The van der Waals surface area contributed by atoms with Crippen molar-refractivity contribution in [2.75, 3.05) is 30.4 Å². The predicted octanol–water partition coefficient (Wildman–Crippen LogP) is 5.13. The van der Waals surface area contributed by atoms with E-state index in [1.807, 2.05) is 66.7 Å². The van der Waals surface area contributed by atoms with Gasteiger partial charge in [0.15, 0.2) is 0 Å². The molecule has 1 heterocycles. The van der Waals surface area contributed by atoms with Crippen molar-refractivity contribution in [1.29, 1.82) is 0 Å². The summed E-state index contributed by atoms with van der Waals surface area (Å²) >= 11 is 0. The van der Waals surface area contributed by atoms with Crippen molar-refractivity contribution in [3.8, 4) is 5.75 Å². The molecule has 3 aromatic carbocycles. The van der Waals surface area contributed by atoms with E-state index in [0.29, 0.717) is 17.9 Å². The molecule has 1 unspecified atom stereocenters. The van der Waals surface area contributed by atoms with Gasteiger partial charge in [-0.3, -0.25) is 4.79 Å². The Morgan fingerprint density at radius 1 is 1.03 bits per heavy atom. The maximum Gasteiger partial charge on any atom is 0.255 e. The molecule has 5 heteroatoms. The van der Waals surface area contributed by atoms with Crippen molar-refractivity contribution in [3.63, 3.8) is 0 Å². The zero-order valence-electron chi connectivity index (χ0n) is 17.8. The van der Waals surface area contributed by atoms with Crippen LogP contribution in [0.1, 0.15) is 28.8 Å². The van der Waals surface area contributed by atoms with Crippen LogP contribution in [0.4, 0.5) is 11.4 Å². The fourth-order valence-corrected chi connectivity index (χ4v) is 3.79. The summed E-state index contributed by atoms with van der Waals surface area (Å²) in [6.45, 7) is 2.40. The Morgan fingerprint density at radius 2 is 1.84 bits per heavy atom. The van der Waals surface area contributed by atoms with Crippen molar-refractivity contribution in [3.05, 3.63) is 90.0 Å². The predicted molar refractivity (Wildman–Crippen MR) is 124 cm³/mol. The number of anilines is 2. The number of carbonyl (C=O) groups is 1. The Labute approximate surface area is 183 Å². The first-order valence-corrected chi connectivity index (χ1v) is 10.7. The Balaban J connectivity index is 1.35. The molecule has 0 bridgehead atoms. The molecule has 0 spiro atoms. The number of amides is 1. The van der Waals surface area contributed by atoms with Gasteiger partial charge in [-0.05, 0) is 60.9 Å². The molecule has 3 aromatic rings. The second-order valence-electron chi connectivity index (χ2n) is 7.75. The Kier molecular flexibility index (Phi) is 6.85. The first-order valence-electron chi connectivity index (χ1n) is 10.7. The van der Waals surface area contributed by atoms with Crippen LogP contribution in [-0.2, 0) is 11.3 Å². The van der Waals surface area contributed by atoms with E-state index in [4.69, 9.17) is 9.47 Å². The minimum Gasteiger partial charge on any atom is -0.489 e. The van der Waals surface area contributed by atoms with E-state index < -0.39 is 0 Å². The molecule has 0 aromatic heterocycles. The van der Waals surface area contributed by atoms with Gasteiger partial charge in [-0.2, -0.15) is 0 Å². The van der Waals surface area contributed by atoms with Crippen molar-refractivity contribution < 1.29 is 14.3 Å². The maximum atomic E-state index is 12.7. The molecule has 1 fully saturated rings. The monoisotopic (exact) mass is 416 g/mol. The summed E-state index contributed by atoms with van der Waals surface area (Å²) in [5.41, 5.74) is 3.57. The molecule has 1 aliphatic rings. The quantitative estimate of drug-likeness (QED) is 0.580. The van der Waals surface area contributed by atoms with Gasteiger partial charge in [-0.25, -0.2) is 0 Å². The maximum absolute atomic E-state index is 12.7. The van der Waals surface area contributed by atoms with Gasteiger partial charge in [-0.15, -0.1) is 0 Å². The third-order valence-corrected chi connectivity index (χ3v) is 5.55. The second-order valence-corrected chi connectivity index (χ2v) is 7.75. The Bertz CT molecular complexity index is 989. The summed E-state index contributed by atoms with van der Waals surface area (Å²) < 4.78 is 11.3. The summed E-state index contributed by atoms with van der Waals surface area (Å²) in [5.74, 6) is 0.514. The van der Waals surface area contributed by atoms with E-state index in [1.165, 1.54) is 0 Å². The third kappa shape index (κ3) is 5.64. The van der Waals surface area contributed by atoms with E-state index in [2.05, 4.69) is 10.2 Å². The molecule has 1 saturated heterocycles. The molecule has 1 N–H and O–H groups in total. The molecule has 0 aliphatic carbocycles. The highest BCUT2D eigenvalue weighted by molar-refractivity contribution is 6.04. The summed E-state index contributed by atoms with van der Waals surface area (Å²) in [6, 6.07) is 25.2. The minimum atomic E-state index is -0.157. The number of nitrogens with one attached hydrogen (secondary N) is 1. The number of methoxy groups -OCH3 is 1. The van der Waals surface area contributed by atoms with Crippen LogP contribution in [-0.4, -0.2) is 32.2 Å². The van der Waals surface area contributed by atoms with Gasteiger partial charge in [0.05, 0.1) is 6.10 Å². The van der Waals surface area contributed by atoms with Crippen LogP contribution >= 0.6 is 0 Å². The molecule has 1 amide bonds. The lowest BCUT2D eigenvalue weighted by Crippen LogP contribution is -2.39. The number of rotatable bonds is 7. The summed E-state index contributed by atoms with van der Waals surface area (Å²) in [4.78, 5) is 15.0. The average Bonchev–Trinajstić information content (AvgIpc) is 2.84. The fraction of sp³-hybridized carbons (Fsp3) is 0.269. The number of nitrogens with zero attached hydrogens (tertiary/aromatic N) is 1. The lowest BCUT2D eigenvalue weighted by molar-refractivity contribution is 0.0893. The first kappa shape index (κ1) is 20.9. The van der Waals surface area contributed by atoms with Gasteiger partial charge in [0, 0.05) is 37.1 Å². The number of piperidine rings is 1. The van der Waals surface area contributed by atoms with Crippen molar-refractivity contribution in [1.82, 2.24) is 0 Å². The number of carbonyl (C=O) groups excluding carboxylic acids is 1. The molecule has 160 valence electrons. The smallest absolute Gasteiger partial charge is 0.255 e. The molecule has 5 nitrogen and oxygen atoms in total. The Hall–Kier alpha value is -3.31. The molecule has 0 saturated carbocycles. The number of ether oxygens (including phenoxy) is 2. The number of hydrogen-bond acceptors (Lipinski definition) is 4. The van der Waals surface area contributed by atoms with Crippen LogP contribution < -0.4 is 15.0 Å². The standard InChI is InChI=1S/C26H28N2O3/c1-30-25-11-6-16-28(18-25)23-14-12-22(13-15-23)27-26(29)21-9-5-10-24(17-21)31-19-20-7-3-2-4-8-20/h2-5,7-10,12-15,17,25H,6,11,16,18-19H2,1H3,(H,27,29). The van der Waals surface area contributed by atoms with E-state index in [9.17, 15) is 4.79 Å². The Morgan fingerprint density at radius 3 is 2.61 bits per heavy atom. The molecular weight excluding hydrogens is 388 g/mol. The van der Waals surface area contributed by atoms with Crippen molar-refractivity contribution in [2.24, 2.45) is 0 Å². The molecular formula is C26H28N2O3. The van der Waals surface area contributed by atoms with E-state index in [0.717, 1.165) is 42.9 Å². The van der Waals surface area contributed by atoms with E-state index >= 15 is 0 Å². The topological polar surface area (TPSA) is 50.8 Å². The van der Waals surface area contributed by atoms with Gasteiger partial charge in [0.1, 0.15) is 12.4 Å². The molecule has 0 radical (unpaired) electrons. The van der Waals surface area contributed by atoms with Gasteiger partial charge < -0.3 is 19.7 Å². The van der Waals surface area contributed by atoms with Crippen LogP contribution in [0.25, 0.3) is 0 Å². The summed E-state index contributed by atoms with van der Waals surface area (Å²) in [5, 5.41) is 2.97. The largest absolute Gasteiger partial charge is 0.489 e. The lowest BCUT2D eigenvalue weighted by atomic mass is 10.1. The molecule has 4 rings (SSSR count). The normalized spacial score (nSPS) is 16.0. The molecule has 31 heavy (non-hydrogen) atoms. The lowest BCUT2D eigenvalue weighted by Gasteiger charge is -2.33. The average molecular weight is 417 g/mol. The summed E-state index contributed by atoms with van der Waals surface area (Å²) in [6.07, 6.45) is 2.51. The van der Waals surface area contributed by atoms with E-state index in [1.54, 1.807) is 19.2 Å². The van der Waals surface area contributed by atoms with Crippen molar-refractivity contribution >= 4 is 17.3 Å². The van der Waals surface area contributed by atoms with Crippen LogP contribution in [0.3, 0.4) is 0 Å². The minimum absolute atomic E-state index is 0.157.